The van der Waals surface area contributed by atoms with Crippen molar-refractivity contribution in [3.8, 4) is 0 Å². The van der Waals surface area contributed by atoms with Crippen molar-refractivity contribution in [1.29, 1.82) is 0 Å². The Labute approximate surface area is 144 Å². The number of rotatable bonds is 0. The van der Waals surface area contributed by atoms with Crippen LogP contribution in [0.4, 0.5) is 0 Å². The van der Waals surface area contributed by atoms with Crippen molar-refractivity contribution in [3.05, 3.63) is 48.6 Å². The molecule has 2 saturated carbocycles. The summed E-state index contributed by atoms with van der Waals surface area (Å²) < 4.78 is 2.24. The first-order valence-corrected chi connectivity index (χ1v) is 14.1. The van der Waals surface area contributed by atoms with E-state index in [1.54, 1.807) is 0 Å². The van der Waals surface area contributed by atoms with Gasteiger partial charge in [-0.05, 0) is 0 Å². The van der Waals surface area contributed by atoms with E-state index in [2.05, 4.69) is 61.7 Å². The Hall–Kier alpha value is -0.109. The van der Waals surface area contributed by atoms with Gasteiger partial charge >= 0.3 is 145 Å². The van der Waals surface area contributed by atoms with E-state index in [9.17, 15) is 0 Å². The second-order valence-corrected chi connectivity index (χ2v) is 16.5. The number of fused-ring (bicyclic) bond motifs is 6. The molecule has 5 aliphatic rings. The molecule has 0 radical (unpaired) electrons. The van der Waals surface area contributed by atoms with Gasteiger partial charge in [0.25, 0.3) is 0 Å². The summed E-state index contributed by atoms with van der Waals surface area (Å²) in [5.74, 6) is 3.63. The van der Waals surface area contributed by atoms with E-state index in [0.717, 1.165) is 43.2 Å². The summed E-state index contributed by atoms with van der Waals surface area (Å²) in [4.78, 5) is 0. The molecular weight excluding hydrogens is 316 g/mol. The topological polar surface area (TPSA) is 0 Å². The maximum atomic E-state index is 2.77. The molecule has 22 heavy (non-hydrogen) atoms. The summed E-state index contributed by atoms with van der Waals surface area (Å²) in [6, 6.07) is 0. The molecule has 1 aliphatic heterocycles. The molecule has 0 aromatic heterocycles. The molecule has 3 fully saturated rings. The summed E-state index contributed by atoms with van der Waals surface area (Å²) in [5.41, 5.74) is 2.26. The molecule has 4 aliphatic carbocycles. The van der Waals surface area contributed by atoms with Crippen molar-refractivity contribution in [2.24, 2.45) is 23.7 Å². The van der Waals surface area contributed by atoms with Crippen LogP contribution in [0.25, 0.3) is 0 Å². The van der Waals surface area contributed by atoms with Crippen LogP contribution in [0.5, 0.6) is 0 Å². The van der Waals surface area contributed by atoms with Crippen LogP contribution in [0, 0.1) is 23.7 Å². The fourth-order valence-corrected chi connectivity index (χ4v) is 19.6. The molecule has 0 aromatic rings. The van der Waals surface area contributed by atoms with Gasteiger partial charge in [-0.1, -0.05) is 0 Å². The van der Waals surface area contributed by atoms with Crippen molar-refractivity contribution in [2.75, 3.05) is 0 Å². The van der Waals surface area contributed by atoms with E-state index in [4.69, 9.17) is 0 Å². The first kappa shape index (κ1) is 14.3. The van der Waals surface area contributed by atoms with E-state index < -0.39 is 8.07 Å². The predicted octanol–water partition coefficient (Wildman–Crippen LogP) is 5.63. The number of hydrogen-bond acceptors (Lipinski definition) is 0. The zero-order valence-corrected chi connectivity index (χ0v) is 16.2. The third-order valence-electron chi connectivity index (χ3n) is 7.64. The van der Waals surface area contributed by atoms with E-state index >= 15 is 0 Å². The first-order chi connectivity index (χ1) is 10.7. The second-order valence-electron chi connectivity index (χ2n) is 8.75. The Kier molecular flexibility index (Phi) is 3.20. The molecule has 5 rings (SSSR count). The van der Waals surface area contributed by atoms with Crippen LogP contribution in [-0.2, 0) is 19.2 Å². The normalized spacial score (nSPS) is 52.6. The minimum absolute atomic E-state index is 0.180. The fourth-order valence-electron chi connectivity index (χ4n) is 6.49. The molecule has 114 valence electrons. The summed E-state index contributed by atoms with van der Waals surface area (Å²) in [5, 5.41) is 0. The zero-order chi connectivity index (χ0) is 14.9. The van der Waals surface area contributed by atoms with E-state index in [1.165, 1.54) is 12.8 Å². The summed E-state index contributed by atoms with van der Waals surface area (Å²) >= 11 is 0.180. The summed E-state index contributed by atoms with van der Waals surface area (Å²) in [7, 11) is -1.13. The quantitative estimate of drug-likeness (QED) is 0.500. The van der Waals surface area contributed by atoms with Crippen LogP contribution in [-0.4, -0.2) is 8.07 Å². The Morgan fingerprint density at radius 3 is 1.68 bits per heavy atom. The van der Waals surface area contributed by atoms with Crippen molar-refractivity contribution in [1.82, 2.24) is 0 Å². The van der Waals surface area contributed by atoms with Gasteiger partial charge in [0.05, 0.1) is 0 Å². The van der Waals surface area contributed by atoms with E-state index in [0.29, 0.717) is 0 Å². The predicted molar refractivity (Wildman–Crippen MR) is 92.2 cm³/mol. The van der Waals surface area contributed by atoms with Gasteiger partial charge in [0.15, 0.2) is 0 Å². The zero-order valence-electron chi connectivity index (χ0n) is 13.7. The van der Waals surface area contributed by atoms with Gasteiger partial charge in [0.1, 0.15) is 0 Å². The molecule has 8 unspecified atom stereocenters. The molecule has 1 heterocycles. The average Bonchev–Trinajstić information content (AvgIpc) is 3.08. The van der Waals surface area contributed by atoms with Crippen molar-refractivity contribution >= 4 is 8.07 Å². The summed E-state index contributed by atoms with van der Waals surface area (Å²) in [6.07, 6.45) is 22.7. The molecule has 0 amide bonds. The second kappa shape index (κ2) is 4.94. The van der Waals surface area contributed by atoms with Crippen LogP contribution in [0.1, 0.15) is 12.8 Å². The van der Waals surface area contributed by atoms with Crippen molar-refractivity contribution in [2.45, 2.75) is 45.5 Å². The van der Waals surface area contributed by atoms with Crippen LogP contribution in [0.2, 0.25) is 32.6 Å². The third-order valence-corrected chi connectivity index (χ3v) is 17.4. The van der Waals surface area contributed by atoms with Crippen LogP contribution < -0.4 is 0 Å². The minimum atomic E-state index is -1.13. The molecule has 0 spiro atoms. The van der Waals surface area contributed by atoms with E-state index in [1.807, 2.05) is 0 Å². The Bertz CT molecular complexity index is 549. The monoisotopic (exact) mass is 342 g/mol. The van der Waals surface area contributed by atoms with Gasteiger partial charge in [-0.2, -0.15) is 0 Å². The molecule has 0 N–H and O–H groups in total. The molecule has 1 saturated heterocycles. The molecule has 2 heteroatoms. The first-order valence-electron chi connectivity index (χ1n) is 9.12. The third kappa shape index (κ3) is 1.85. The summed E-state index contributed by atoms with van der Waals surface area (Å²) in [6.45, 7) is 5.53. The Morgan fingerprint density at radius 1 is 0.727 bits per heavy atom. The Balaban J connectivity index is 1.52. The SMILES string of the molecule is C[Si]1(C)C2CC3C=CC=CC3[CH]2[Ti][CH]2C3C=CC=CC3CC21. The molecule has 0 bridgehead atoms. The average molecular weight is 342 g/mol. The molecule has 0 aromatic carbocycles. The standard InChI is InChI=1S/C20H26Si.Ti/c1-21(2,19-11-15-7-3-4-8-16(15)12-19)20-13-17-9-5-6-10-18(17)14-20;/h3-11,13,15-20H,12,14H2,1-2H3;. The van der Waals surface area contributed by atoms with Gasteiger partial charge in [-0.25, -0.2) is 0 Å². The van der Waals surface area contributed by atoms with Gasteiger partial charge in [0, 0.05) is 0 Å². The maximum absolute atomic E-state index is 2.77. The van der Waals surface area contributed by atoms with Crippen molar-refractivity contribution < 1.29 is 19.2 Å². The van der Waals surface area contributed by atoms with Gasteiger partial charge < -0.3 is 0 Å². The number of hydrogen-bond donors (Lipinski definition) is 0. The fraction of sp³-hybridized carbons (Fsp3) is 0.600. The van der Waals surface area contributed by atoms with Gasteiger partial charge in [-0.3, -0.25) is 0 Å². The van der Waals surface area contributed by atoms with Crippen LogP contribution >= 0.6 is 0 Å². The molecule has 8 atom stereocenters. The van der Waals surface area contributed by atoms with Crippen LogP contribution in [0.15, 0.2) is 48.6 Å². The molecular formula is C20H26SiTi. The van der Waals surface area contributed by atoms with Gasteiger partial charge in [0.2, 0.25) is 0 Å². The molecule has 0 nitrogen and oxygen atoms in total. The van der Waals surface area contributed by atoms with Gasteiger partial charge in [-0.15, -0.1) is 0 Å². The van der Waals surface area contributed by atoms with E-state index in [-0.39, 0.29) is 19.2 Å². The number of allylic oxidation sites excluding steroid dienone is 8. The van der Waals surface area contributed by atoms with Crippen LogP contribution in [0.3, 0.4) is 0 Å². The van der Waals surface area contributed by atoms with Crippen molar-refractivity contribution in [3.63, 3.8) is 0 Å². The Morgan fingerprint density at radius 2 is 1.18 bits per heavy atom.